The van der Waals surface area contributed by atoms with Crippen molar-refractivity contribution in [1.29, 1.82) is 0 Å². The van der Waals surface area contributed by atoms with E-state index >= 15 is 0 Å². The maximum atomic E-state index is 11.9. The van der Waals surface area contributed by atoms with Crippen LogP contribution in [0.3, 0.4) is 0 Å². The minimum absolute atomic E-state index is 0.0371. The molecule has 1 amide bonds. The number of rotatable bonds is 4. The maximum absolute atomic E-state index is 11.9. The van der Waals surface area contributed by atoms with E-state index in [0.29, 0.717) is 6.54 Å². The van der Waals surface area contributed by atoms with Gasteiger partial charge in [-0.25, -0.2) is 0 Å². The molecule has 3 N–H and O–H groups in total. The molecule has 0 fully saturated rings. The van der Waals surface area contributed by atoms with Crippen molar-refractivity contribution in [3.63, 3.8) is 0 Å². The van der Waals surface area contributed by atoms with Crippen LogP contribution in [-0.2, 0) is 4.79 Å². The predicted octanol–water partition coefficient (Wildman–Crippen LogP) is 1.56. The molecule has 1 unspecified atom stereocenters. The van der Waals surface area contributed by atoms with Crippen molar-refractivity contribution in [3.8, 4) is 0 Å². The normalized spacial score (nSPS) is 12.6. The van der Waals surface area contributed by atoms with Gasteiger partial charge in [0.2, 0.25) is 5.91 Å². The van der Waals surface area contributed by atoms with E-state index in [0.717, 1.165) is 11.3 Å². The van der Waals surface area contributed by atoms with Gasteiger partial charge in [-0.15, -0.1) is 0 Å². The van der Waals surface area contributed by atoms with Crippen LogP contribution in [0, 0.1) is 18.8 Å². The van der Waals surface area contributed by atoms with E-state index < -0.39 is 0 Å². The zero-order chi connectivity index (χ0) is 12.1. The third kappa shape index (κ3) is 3.31. The number of nitrogens with two attached hydrogens (primary N) is 1. The lowest BCUT2D eigenvalue weighted by atomic mass is 9.95. The van der Waals surface area contributed by atoms with Crippen molar-refractivity contribution >= 4 is 11.6 Å². The van der Waals surface area contributed by atoms with Crippen molar-refractivity contribution < 1.29 is 4.79 Å². The molecule has 0 radical (unpaired) electrons. The number of anilines is 1. The topological polar surface area (TPSA) is 68.0 Å². The Morgan fingerprint density at radius 3 is 2.69 bits per heavy atom. The summed E-state index contributed by atoms with van der Waals surface area (Å²) < 4.78 is 0. The number of hydrogen-bond acceptors (Lipinski definition) is 3. The van der Waals surface area contributed by atoms with Crippen LogP contribution in [0.4, 0.5) is 5.69 Å². The summed E-state index contributed by atoms with van der Waals surface area (Å²) in [6, 6.07) is 1.89. The first-order chi connectivity index (χ1) is 7.54. The van der Waals surface area contributed by atoms with Gasteiger partial charge < -0.3 is 11.1 Å². The molecule has 4 nitrogen and oxygen atoms in total. The molecule has 1 atom stereocenters. The number of amides is 1. The minimum atomic E-state index is -0.152. The Hall–Kier alpha value is -1.42. The van der Waals surface area contributed by atoms with Crippen LogP contribution in [0.5, 0.6) is 0 Å². The second-order valence-corrected chi connectivity index (χ2v) is 4.33. The van der Waals surface area contributed by atoms with Crippen LogP contribution in [0.15, 0.2) is 18.5 Å². The molecule has 1 rings (SSSR count). The van der Waals surface area contributed by atoms with Gasteiger partial charge in [0.25, 0.3) is 0 Å². The molecule has 0 saturated heterocycles. The summed E-state index contributed by atoms with van der Waals surface area (Å²) in [5, 5.41) is 2.83. The summed E-state index contributed by atoms with van der Waals surface area (Å²) in [6.07, 6.45) is 3.39. The van der Waals surface area contributed by atoms with Crippen LogP contribution in [-0.4, -0.2) is 17.4 Å². The molecule has 0 bridgehead atoms. The van der Waals surface area contributed by atoms with Gasteiger partial charge in [0.1, 0.15) is 0 Å². The van der Waals surface area contributed by atoms with E-state index in [1.807, 2.05) is 26.8 Å². The van der Waals surface area contributed by atoms with Crippen molar-refractivity contribution in [2.24, 2.45) is 17.6 Å². The molecule has 1 heterocycles. The summed E-state index contributed by atoms with van der Waals surface area (Å²) in [5.41, 5.74) is 7.33. The van der Waals surface area contributed by atoms with E-state index in [9.17, 15) is 4.79 Å². The second-order valence-electron chi connectivity index (χ2n) is 4.33. The first-order valence-electron chi connectivity index (χ1n) is 5.47. The fourth-order valence-electron chi connectivity index (χ4n) is 1.54. The Bertz CT molecular complexity index is 363. The Morgan fingerprint density at radius 1 is 1.50 bits per heavy atom. The number of aromatic nitrogens is 1. The Balaban J connectivity index is 2.70. The van der Waals surface area contributed by atoms with Gasteiger partial charge in [-0.05, 0) is 24.5 Å². The zero-order valence-corrected chi connectivity index (χ0v) is 10.0. The standard InChI is InChI=1S/C12H19N3O/c1-8(2)11(5-13)12(16)15-10-4-9(3)6-14-7-10/h4,6-8,11H,5,13H2,1-3H3,(H,15,16). The largest absolute Gasteiger partial charge is 0.330 e. The fraction of sp³-hybridized carbons (Fsp3) is 0.500. The number of carbonyl (C=O) groups is 1. The van der Waals surface area contributed by atoms with E-state index in [1.54, 1.807) is 12.4 Å². The average Bonchev–Trinajstić information content (AvgIpc) is 2.17. The summed E-state index contributed by atoms with van der Waals surface area (Å²) in [6.45, 7) is 6.28. The first kappa shape index (κ1) is 12.6. The highest BCUT2D eigenvalue weighted by Crippen LogP contribution is 2.13. The number of carbonyl (C=O) groups excluding carboxylic acids is 1. The van der Waals surface area contributed by atoms with Gasteiger partial charge in [0.15, 0.2) is 0 Å². The van der Waals surface area contributed by atoms with Crippen LogP contribution < -0.4 is 11.1 Å². The summed E-state index contributed by atoms with van der Waals surface area (Å²) in [5.74, 6) is 0.0492. The number of nitrogens with one attached hydrogen (secondary N) is 1. The SMILES string of the molecule is Cc1cncc(NC(=O)C(CN)C(C)C)c1. The van der Waals surface area contributed by atoms with E-state index in [2.05, 4.69) is 10.3 Å². The van der Waals surface area contributed by atoms with E-state index in [-0.39, 0.29) is 17.7 Å². The van der Waals surface area contributed by atoms with E-state index in [1.165, 1.54) is 0 Å². The van der Waals surface area contributed by atoms with Crippen LogP contribution in [0.1, 0.15) is 19.4 Å². The summed E-state index contributed by atoms with van der Waals surface area (Å²) in [4.78, 5) is 15.9. The highest BCUT2D eigenvalue weighted by atomic mass is 16.1. The number of nitrogens with zero attached hydrogens (tertiary/aromatic N) is 1. The van der Waals surface area contributed by atoms with Crippen molar-refractivity contribution in [2.75, 3.05) is 11.9 Å². The Labute approximate surface area is 96.3 Å². The number of pyridine rings is 1. The van der Waals surface area contributed by atoms with E-state index in [4.69, 9.17) is 5.73 Å². The van der Waals surface area contributed by atoms with Crippen LogP contribution >= 0.6 is 0 Å². The highest BCUT2D eigenvalue weighted by molar-refractivity contribution is 5.92. The Kier molecular flexibility index (Phi) is 4.43. The third-order valence-corrected chi connectivity index (χ3v) is 2.54. The average molecular weight is 221 g/mol. The fourth-order valence-corrected chi connectivity index (χ4v) is 1.54. The van der Waals surface area contributed by atoms with Gasteiger partial charge in [-0.3, -0.25) is 9.78 Å². The zero-order valence-electron chi connectivity index (χ0n) is 10.0. The molecule has 88 valence electrons. The quantitative estimate of drug-likeness (QED) is 0.810. The second kappa shape index (κ2) is 5.61. The molecular weight excluding hydrogens is 202 g/mol. The van der Waals surface area contributed by atoms with Gasteiger partial charge in [0, 0.05) is 12.7 Å². The summed E-state index contributed by atoms with van der Waals surface area (Å²) >= 11 is 0. The molecule has 1 aromatic heterocycles. The summed E-state index contributed by atoms with van der Waals surface area (Å²) in [7, 11) is 0. The number of hydrogen-bond donors (Lipinski definition) is 2. The predicted molar refractivity (Wildman–Crippen MR) is 65.0 cm³/mol. The van der Waals surface area contributed by atoms with Crippen molar-refractivity contribution in [2.45, 2.75) is 20.8 Å². The lowest BCUT2D eigenvalue weighted by molar-refractivity contribution is -0.120. The van der Waals surface area contributed by atoms with Gasteiger partial charge in [0.05, 0.1) is 17.8 Å². The van der Waals surface area contributed by atoms with Crippen LogP contribution in [0.25, 0.3) is 0 Å². The molecule has 0 aromatic carbocycles. The minimum Gasteiger partial charge on any atom is -0.330 e. The van der Waals surface area contributed by atoms with Crippen molar-refractivity contribution in [1.82, 2.24) is 4.98 Å². The smallest absolute Gasteiger partial charge is 0.229 e. The molecule has 0 saturated carbocycles. The molecule has 1 aromatic rings. The molecule has 4 heteroatoms. The lowest BCUT2D eigenvalue weighted by Crippen LogP contribution is -2.33. The van der Waals surface area contributed by atoms with Gasteiger partial charge in [-0.2, -0.15) is 0 Å². The third-order valence-electron chi connectivity index (χ3n) is 2.54. The van der Waals surface area contributed by atoms with Gasteiger partial charge >= 0.3 is 0 Å². The maximum Gasteiger partial charge on any atom is 0.229 e. The molecule has 16 heavy (non-hydrogen) atoms. The van der Waals surface area contributed by atoms with Crippen molar-refractivity contribution in [3.05, 3.63) is 24.0 Å². The number of aryl methyl sites for hydroxylation is 1. The molecule has 0 aliphatic heterocycles. The highest BCUT2D eigenvalue weighted by Gasteiger charge is 2.20. The first-order valence-corrected chi connectivity index (χ1v) is 5.47. The lowest BCUT2D eigenvalue weighted by Gasteiger charge is -2.18. The van der Waals surface area contributed by atoms with Crippen LogP contribution in [0.2, 0.25) is 0 Å². The molecule has 0 aliphatic rings. The molecular formula is C12H19N3O. The monoisotopic (exact) mass is 221 g/mol. The molecule has 0 spiro atoms. The molecule has 0 aliphatic carbocycles. The van der Waals surface area contributed by atoms with Gasteiger partial charge in [-0.1, -0.05) is 13.8 Å². The Morgan fingerprint density at radius 2 is 2.19 bits per heavy atom.